The van der Waals surface area contributed by atoms with Crippen LogP contribution in [-0.4, -0.2) is 11.1 Å². The van der Waals surface area contributed by atoms with Crippen molar-refractivity contribution >= 4 is 52.4 Å². The van der Waals surface area contributed by atoms with Gasteiger partial charge in [-0.05, 0) is 0 Å². The number of ether oxygens (including phenoxy) is 1. The summed E-state index contributed by atoms with van der Waals surface area (Å²) in [7, 11) is 0. The summed E-state index contributed by atoms with van der Waals surface area (Å²) in [6.45, 7) is 0. The molecular formula is C8H2Cl4O3. The number of fused-ring (bicyclic) bond motifs is 1. The Morgan fingerprint density at radius 3 is 2.13 bits per heavy atom. The average Bonchev–Trinajstić information content (AvgIpc) is 2.47. The van der Waals surface area contributed by atoms with Crippen LogP contribution in [0.5, 0.6) is 0 Å². The Labute approximate surface area is 104 Å². The van der Waals surface area contributed by atoms with Crippen molar-refractivity contribution in [3.63, 3.8) is 0 Å². The largest absolute Gasteiger partial charge is 0.428 e. The summed E-state index contributed by atoms with van der Waals surface area (Å²) < 4.78 is 4.53. The maximum Gasteiger partial charge on any atom is 0.342 e. The molecule has 1 aromatic carbocycles. The van der Waals surface area contributed by atoms with Gasteiger partial charge in [-0.2, -0.15) is 0 Å². The number of rotatable bonds is 0. The standard InChI is InChI=1S/C8H2Cl4O3/c9-3-1-2(8(14)15-7(1)13)4(10)6(12)5(3)11/h7,13H/t7-/m0/s1. The third-order valence-corrected chi connectivity index (χ3v) is 3.79. The van der Waals surface area contributed by atoms with E-state index in [0.717, 1.165) is 0 Å². The predicted molar refractivity (Wildman–Crippen MR) is 56.9 cm³/mol. The highest BCUT2D eigenvalue weighted by Gasteiger charge is 2.37. The van der Waals surface area contributed by atoms with E-state index in [1.54, 1.807) is 0 Å². The molecule has 1 heterocycles. The Hall–Kier alpha value is -0.190. The Bertz CT molecular complexity index is 472. The minimum atomic E-state index is -1.45. The molecule has 15 heavy (non-hydrogen) atoms. The van der Waals surface area contributed by atoms with Crippen LogP contribution in [0.1, 0.15) is 22.2 Å². The molecule has 1 aromatic rings. The van der Waals surface area contributed by atoms with E-state index in [1.807, 2.05) is 0 Å². The first-order valence-corrected chi connectivity index (χ1v) is 5.21. The monoisotopic (exact) mass is 286 g/mol. The summed E-state index contributed by atoms with van der Waals surface area (Å²) in [4.78, 5) is 11.3. The molecule has 1 aliphatic heterocycles. The lowest BCUT2D eigenvalue weighted by Gasteiger charge is -2.08. The fourth-order valence-corrected chi connectivity index (χ4v) is 2.34. The number of benzene rings is 1. The number of hydrogen-bond donors (Lipinski definition) is 1. The molecule has 0 aliphatic carbocycles. The number of aliphatic hydroxyl groups is 1. The molecule has 2 rings (SSSR count). The predicted octanol–water partition coefficient (Wildman–Crippen LogP) is 3.46. The second-order valence-electron chi connectivity index (χ2n) is 2.80. The highest BCUT2D eigenvalue weighted by Crippen LogP contribution is 2.46. The van der Waals surface area contributed by atoms with Crippen LogP contribution in [0.25, 0.3) is 0 Å². The van der Waals surface area contributed by atoms with Gasteiger partial charge in [0, 0.05) is 0 Å². The maximum atomic E-state index is 11.3. The first-order valence-electron chi connectivity index (χ1n) is 3.70. The molecule has 1 N–H and O–H groups in total. The molecular weight excluding hydrogens is 286 g/mol. The van der Waals surface area contributed by atoms with Crippen LogP contribution in [0.2, 0.25) is 20.1 Å². The first-order chi connectivity index (χ1) is 6.95. The number of halogens is 4. The van der Waals surface area contributed by atoms with Gasteiger partial charge in [-0.1, -0.05) is 46.4 Å². The zero-order valence-electron chi connectivity index (χ0n) is 6.85. The number of hydrogen-bond acceptors (Lipinski definition) is 3. The molecule has 0 saturated heterocycles. The van der Waals surface area contributed by atoms with Crippen LogP contribution in [-0.2, 0) is 4.74 Å². The normalized spacial score (nSPS) is 19.0. The summed E-state index contributed by atoms with van der Waals surface area (Å²) in [6, 6.07) is 0. The van der Waals surface area contributed by atoms with E-state index < -0.39 is 12.3 Å². The van der Waals surface area contributed by atoms with Gasteiger partial charge in [0.25, 0.3) is 0 Å². The van der Waals surface area contributed by atoms with Crippen LogP contribution in [0.3, 0.4) is 0 Å². The van der Waals surface area contributed by atoms with Gasteiger partial charge < -0.3 is 9.84 Å². The van der Waals surface area contributed by atoms with Crippen LogP contribution in [0.15, 0.2) is 0 Å². The second-order valence-corrected chi connectivity index (χ2v) is 4.31. The zero-order chi connectivity index (χ0) is 11.3. The molecule has 0 unspecified atom stereocenters. The van der Waals surface area contributed by atoms with E-state index in [0.29, 0.717) is 0 Å². The molecule has 3 nitrogen and oxygen atoms in total. The molecule has 0 aromatic heterocycles. The lowest BCUT2D eigenvalue weighted by atomic mass is 10.1. The maximum absolute atomic E-state index is 11.3. The van der Waals surface area contributed by atoms with Crippen molar-refractivity contribution < 1.29 is 14.6 Å². The molecule has 0 saturated carbocycles. The van der Waals surface area contributed by atoms with Crippen molar-refractivity contribution in [1.29, 1.82) is 0 Å². The molecule has 0 spiro atoms. The second kappa shape index (κ2) is 3.68. The topological polar surface area (TPSA) is 46.5 Å². The van der Waals surface area contributed by atoms with Crippen LogP contribution < -0.4 is 0 Å². The Morgan fingerprint density at radius 1 is 1.00 bits per heavy atom. The third kappa shape index (κ3) is 1.50. The quantitative estimate of drug-likeness (QED) is 0.451. The number of esters is 1. The van der Waals surface area contributed by atoms with E-state index in [4.69, 9.17) is 46.4 Å². The van der Waals surface area contributed by atoms with Gasteiger partial charge in [0.2, 0.25) is 6.29 Å². The Kier molecular flexibility index (Phi) is 2.77. The summed E-state index contributed by atoms with van der Waals surface area (Å²) in [5.74, 6) is -0.775. The average molecular weight is 288 g/mol. The Morgan fingerprint density at radius 2 is 1.53 bits per heavy atom. The molecule has 1 atom stereocenters. The van der Waals surface area contributed by atoms with Gasteiger partial charge in [-0.15, -0.1) is 0 Å². The van der Waals surface area contributed by atoms with Crippen molar-refractivity contribution in [2.45, 2.75) is 6.29 Å². The molecule has 80 valence electrons. The lowest BCUT2D eigenvalue weighted by Crippen LogP contribution is -1.96. The summed E-state index contributed by atoms with van der Waals surface area (Å²) in [5.41, 5.74) is 0.0182. The van der Waals surface area contributed by atoms with Gasteiger partial charge in [-0.3, -0.25) is 0 Å². The van der Waals surface area contributed by atoms with Crippen LogP contribution in [0.4, 0.5) is 0 Å². The Balaban J connectivity index is 2.86. The number of aliphatic hydroxyl groups excluding tert-OH is 1. The zero-order valence-corrected chi connectivity index (χ0v) is 9.88. The minimum absolute atomic E-state index is 0.0144. The highest BCUT2D eigenvalue weighted by atomic mass is 35.5. The van der Waals surface area contributed by atoms with Crippen molar-refractivity contribution in [2.75, 3.05) is 0 Å². The fraction of sp³-hybridized carbons (Fsp3) is 0.125. The van der Waals surface area contributed by atoms with Gasteiger partial charge >= 0.3 is 5.97 Å². The molecule has 1 aliphatic rings. The third-order valence-electron chi connectivity index (χ3n) is 1.97. The smallest absolute Gasteiger partial charge is 0.342 e. The van der Waals surface area contributed by atoms with E-state index in [9.17, 15) is 9.90 Å². The van der Waals surface area contributed by atoms with Crippen LogP contribution in [0, 0.1) is 0 Å². The highest BCUT2D eigenvalue weighted by molar-refractivity contribution is 6.53. The van der Waals surface area contributed by atoms with Crippen molar-refractivity contribution in [3.8, 4) is 0 Å². The van der Waals surface area contributed by atoms with Gasteiger partial charge in [0.15, 0.2) is 0 Å². The van der Waals surface area contributed by atoms with E-state index in [2.05, 4.69) is 4.74 Å². The molecule has 0 radical (unpaired) electrons. The summed E-state index contributed by atoms with van der Waals surface area (Å²) in [6.07, 6.45) is -1.45. The van der Waals surface area contributed by atoms with E-state index in [1.165, 1.54) is 0 Å². The summed E-state index contributed by atoms with van der Waals surface area (Å²) in [5, 5.41) is 9.24. The molecule has 0 bridgehead atoms. The van der Waals surface area contributed by atoms with Crippen molar-refractivity contribution in [3.05, 3.63) is 31.2 Å². The van der Waals surface area contributed by atoms with Gasteiger partial charge in [0.1, 0.15) is 0 Å². The van der Waals surface area contributed by atoms with Gasteiger partial charge in [0.05, 0.1) is 31.2 Å². The van der Waals surface area contributed by atoms with Crippen molar-refractivity contribution in [2.24, 2.45) is 0 Å². The number of carbonyl (C=O) groups excluding carboxylic acids is 1. The van der Waals surface area contributed by atoms with Crippen molar-refractivity contribution in [1.82, 2.24) is 0 Å². The van der Waals surface area contributed by atoms with Gasteiger partial charge in [-0.25, -0.2) is 4.79 Å². The van der Waals surface area contributed by atoms with E-state index >= 15 is 0 Å². The summed E-state index contributed by atoms with van der Waals surface area (Å²) >= 11 is 23.1. The fourth-order valence-electron chi connectivity index (χ4n) is 1.30. The minimum Gasteiger partial charge on any atom is -0.428 e. The molecule has 0 amide bonds. The SMILES string of the molecule is O=C1O[C@H](O)c2c(Cl)c(Cl)c(Cl)c(Cl)c21. The molecule has 7 heteroatoms. The molecule has 0 fully saturated rings. The first kappa shape index (κ1) is 11.3. The van der Waals surface area contributed by atoms with E-state index in [-0.39, 0.29) is 31.2 Å². The number of cyclic esters (lactones) is 1. The number of carbonyl (C=O) groups is 1. The van der Waals surface area contributed by atoms with Crippen LogP contribution >= 0.6 is 46.4 Å². The lowest BCUT2D eigenvalue weighted by molar-refractivity contribution is -0.0547.